The number of fused-ring (bicyclic) bond motifs is 2. The van der Waals surface area contributed by atoms with E-state index in [1.165, 1.54) is 4.68 Å². The van der Waals surface area contributed by atoms with E-state index in [1.54, 1.807) is 68.9 Å². The van der Waals surface area contributed by atoms with Gasteiger partial charge in [0.2, 0.25) is 0 Å². The molecule has 0 saturated heterocycles. The molecule has 0 bridgehead atoms. The van der Waals surface area contributed by atoms with Crippen molar-refractivity contribution in [2.45, 2.75) is 97.6 Å². The second kappa shape index (κ2) is 23.5. The average Bonchev–Trinajstić information content (AvgIpc) is 3.89. The van der Waals surface area contributed by atoms with Crippen LogP contribution in [0.15, 0.2) is 155 Å². The number of hydrogen-bond donors (Lipinski definition) is 4. The first-order valence-corrected chi connectivity index (χ1v) is 26.1. The van der Waals surface area contributed by atoms with E-state index in [0.717, 1.165) is 88.2 Å². The van der Waals surface area contributed by atoms with Gasteiger partial charge < -0.3 is 35.3 Å². The van der Waals surface area contributed by atoms with Crippen LogP contribution in [-0.4, -0.2) is 77.6 Å². The number of carbonyl (C=O) groups excluding carboxylic acids is 2. The number of ether oxygens (including phenoxy) is 3. The number of aliphatic hydroxyl groups is 1. The summed E-state index contributed by atoms with van der Waals surface area (Å²) in [5.74, 6) is 1.46. The average molecular weight is 1050 g/mol. The molecule has 1 aliphatic carbocycles. The van der Waals surface area contributed by atoms with Crippen molar-refractivity contribution in [1.82, 2.24) is 34.0 Å². The summed E-state index contributed by atoms with van der Waals surface area (Å²) < 4.78 is 23.6. The zero-order valence-corrected chi connectivity index (χ0v) is 44.9. The quantitative estimate of drug-likeness (QED) is 0.0718. The first kappa shape index (κ1) is 53.9. The molecule has 17 heteroatoms. The third kappa shape index (κ3) is 11.9. The third-order valence-electron chi connectivity index (χ3n) is 13.8. The van der Waals surface area contributed by atoms with Crippen molar-refractivity contribution >= 4 is 50.7 Å². The fourth-order valence-corrected chi connectivity index (χ4v) is 9.95. The van der Waals surface area contributed by atoms with Gasteiger partial charge in [0.1, 0.15) is 28.4 Å². The second-order valence-corrected chi connectivity index (χ2v) is 20.0. The predicted octanol–water partition coefficient (Wildman–Crippen LogP) is 10.3. The van der Waals surface area contributed by atoms with Crippen molar-refractivity contribution in [2.24, 2.45) is 0 Å². The summed E-state index contributed by atoms with van der Waals surface area (Å²) in [5.41, 5.74) is 4.94. The second-order valence-electron chi connectivity index (χ2n) is 20.0. The minimum atomic E-state index is -1.08. The van der Waals surface area contributed by atoms with Crippen LogP contribution in [0.1, 0.15) is 85.0 Å². The maximum Gasteiger partial charge on any atom is 0.284 e. The lowest BCUT2D eigenvalue weighted by Crippen LogP contribution is -2.41. The van der Waals surface area contributed by atoms with Gasteiger partial charge in [-0.25, -0.2) is 9.36 Å². The molecule has 0 aliphatic heterocycles. The van der Waals surface area contributed by atoms with Gasteiger partial charge in [-0.2, -0.15) is 0 Å². The fraction of sp³-hybridized carbons (Fsp3) is 0.279. The molecule has 4 N–H and O–H groups in total. The molecule has 10 rings (SSSR count). The third-order valence-corrected chi connectivity index (χ3v) is 13.8. The molecule has 5 aromatic carbocycles. The first-order chi connectivity index (χ1) is 37.6. The number of hydrogen-bond acceptors (Lipinski definition) is 11. The Morgan fingerprint density at radius 1 is 0.654 bits per heavy atom. The zero-order chi connectivity index (χ0) is 55.1. The monoisotopic (exact) mass is 1050 g/mol. The van der Waals surface area contributed by atoms with E-state index in [0.29, 0.717) is 29.3 Å². The molecule has 402 valence electrons. The number of carbonyl (C=O) groups is 2. The number of anilines is 3. The molecule has 2 amide bonds. The van der Waals surface area contributed by atoms with Crippen molar-refractivity contribution in [1.29, 1.82) is 0 Å². The summed E-state index contributed by atoms with van der Waals surface area (Å²) in [6.45, 7) is 9.75. The van der Waals surface area contributed by atoms with Gasteiger partial charge in [-0.3, -0.25) is 38.5 Å². The van der Waals surface area contributed by atoms with Gasteiger partial charge in [0.05, 0.1) is 66.3 Å². The molecule has 4 aromatic heterocycles. The summed E-state index contributed by atoms with van der Waals surface area (Å²) >= 11 is 0. The van der Waals surface area contributed by atoms with Crippen LogP contribution in [0.2, 0.25) is 0 Å². The summed E-state index contributed by atoms with van der Waals surface area (Å²) in [5, 5.41) is 21.8. The fourth-order valence-electron chi connectivity index (χ4n) is 9.95. The Bertz CT molecular complexity index is 3700. The van der Waals surface area contributed by atoms with Gasteiger partial charge in [0, 0.05) is 64.9 Å². The smallest absolute Gasteiger partial charge is 0.284 e. The lowest BCUT2D eigenvalue weighted by Gasteiger charge is -2.29. The van der Waals surface area contributed by atoms with E-state index >= 15 is 0 Å². The molecule has 1 aliphatic rings. The van der Waals surface area contributed by atoms with Crippen molar-refractivity contribution in [3.05, 3.63) is 189 Å². The predicted molar refractivity (Wildman–Crippen MR) is 305 cm³/mol. The number of pyridine rings is 2. The van der Waals surface area contributed by atoms with Crippen molar-refractivity contribution < 1.29 is 28.9 Å². The van der Waals surface area contributed by atoms with Gasteiger partial charge in [-0.1, -0.05) is 43.3 Å². The molecule has 0 unspecified atom stereocenters. The topological polar surface area (TPSA) is 198 Å². The molecule has 9 aromatic rings. The number of aromatic nitrogens is 6. The number of methoxy groups -OCH3 is 2. The minimum absolute atomic E-state index is 0.0192. The van der Waals surface area contributed by atoms with Crippen molar-refractivity contribution in [2.75, 3.05) is 24.9 Å². The number of nitrogens with one attached hydrogen (secondary N) is 3. The summed E-state index contributed by atoms with van der Waals surface area (Å²) in [6.07, 6.45) is 7.36. The Balaban J connectivity index is 0.000000190. The largest absolute Gasteiger partial charge is 0.497 e. The molecule has 1 saturated carbocycles. The van der Waals surface area contributed by atoms with Crippen molar-refractivity contribution in [3.8, 4) is 28.6 Å². The van der Waals surface area contributed by atoms with E-state index in [4.69, 9.17) is 14.2 Å². The van der Waals surface area contributed by atoms with Gasteiger partial charge >= 0.3 is 0 Å². The highest BCUT2D eigenvalue weighted by Crippen LogP contribution is 2.32. The Morgan fingerprint density at radius 3 is 1.76 bits per heavy atom. The van der Waals surface area contributed by atoms with Gasteiger partial charge in [0.25, 0.3) is 22.9 Å². The van der Waals surface area contributed by atoms with E-state index in [1.807, 2.05) is 140 Å². The van der Waals surface area contributed by atoms with Crippen LogP contribution in [0.5, 0.6) is 17.2 Å². The van der Waals surface area contributed by atoms with Crippen LogP contribution < -0.4 is 41.3 Å². The van der Waals surface area contributed by atoms with E-state index in [9.17, 15) is 24.3 Å². The molecule has 0 spiro atoms. The summed E-state index contributed by atoms with van der Waals surface area (Å²) in [7, 11) is 3.26. The number of nitrogens with zero attached hydrogens (tertiary/aromatic N) is 6. The maximum absolute atomic E-state index is 13.5. The standard InChI is InChI=1S/C31H36N4O5.C30H29N5O3/c1-20-28(30(37)35(22-8-6-5-7-9-22)34(20)19-31(2,3)38)29(36)33-21-10-12-23(13-11-21)40-27-16-17-32-26-18-24(39-4)14-15-25(26)27;1-4-18-34-20(2)28(30(37)35(34)23-8-6-5-7-9-23)29(36)33-22-12-10-21(11-13-22)32-26-16-17-31-27-19-24(38-3)14-15-25(26)27/h5-9,14-18,21,23,38H,10-13,19H2,1-4H3,(H,33,36);5-17,19H,4,18H2,1-3H3,(H,31,32)(H,33,36). The first-order valence-electron chi connectivity index (χ1n) is 26.1. The minimum Gasteiger partial charge on any atom is -0.497 e. The highest BCUT2D eigenvalue weighted by molar-refractivity contribution is 6.05. The Hall–Kier alpha value is -8.96. The van der Waals surface area contributed by atoms with Crippen LogP contribution in [0.3, 0.4) is 0 Å². The molecule has 4 heterocycles. The van der Waals surface area contributed by atoms with Crippen molar-refractivity contribution in [3.63, 3.8) is 0 Å². The molecular weight excluding hydrogens is 987 g/mol. The summed E-state index contributed by atoms with van der Waals surface area (Å²) in [6, 6.07) is 41.1. The number of benzene rings is 5. The number of rotatable bonds is 16. The summed E-state index contributed by atoms with van der Waals surface area (Å²) in [4.78, 5) is 62.5. The number of para-hydroxylation sites is 2. The van der Waals surface area contributed by atoms with E-state index < -0.39 is 17.1 Å². The van der Waals surface area contributed by atoms with Crippen LogP contribution in [0.4, 0.5) is 17.1 Å². The Kier molecular flexibility index (Phi) is 16.2. The van der Waals surface area contributed by atoms with E-state index in [2.05, 4.69) is 25.9 Å². The van der Waals surface area contributed by atoms with E-state index in [-0.39, 0.29) is 41.3 Å². The van der Waals surface area contributed by atoms with Gasteiger partial charge in [-0.05, 0) is 145 Å². The highest BCUT2D eigenvalue weighted by atomic mass is 16.5. The molecule has 0 radical (unpaired) electrons. The molecule has 1 fully saturated rings. The highest BCUT2D eigenvalue weighted by Gasteiger charge is 2.30. The zero-order valence-electron chi connectivity index (χ0n) is 44.9. The van der Waals surface area contributed by atoms with Crippen LogP contribution in [-0.2, 0) is 13.1 Å². The normalized spacial score (nSPS) is 14.3. The van der Waals surface area contributed by atoms with Crippen LogP contribution in [0, 0.1) is 13.8 Å². The lowest BCUT2D eigenvalue weighted by atomic mass is 9.92. The molecule has 17 nitrogen and oxygen atoms in total. The lowest BCUT2D eigenvalue weighted by molar-refractivity contribution is 0.0545. The van der Waals surface area contributed by atoms with Crippen LogP contribution in [0.25, 0.3) is 33.2 Å². The van der Waals surface area contributed by atoms with Crippen LogP contribution >= 0.6 is 0 Å². The molecule has 78 heavy (non-hydrogen) atoms. The molecular formula is C61H65N9O8. The van der Waals surface area contributed by atoms with Gasteiger partial charge in [-0.15, -0.1) is 0 Å². The Morgan fingerprint density at radius 2 is 1.18 bits per heavy atom. The van der Waals surface area contributed by atoms with Gasteiger partial charge in [0.15, 0.2) is 0 Å². The number of amides is 2. The SMILES string of the molecule is CCCn1c(C)c(C(=O)Nc2ccc(Nc3ccnc4cc(OC)ccc34)cc2)c(=O)n1-c1ccccc1.COc1ccc2c(OC3CCC(NC(=O)c4c(C)n(CC(C)(C)O)n(-c5ccccc5)c4=O)CC3)ccnc2c1. The maximum atomic E-state index is 13.5. The molecule has 0 atom stereocenters. The Labute approximate surface area is 452 Å².